The second-order valence-electron chi connectivity index (χ2n) is 6.80. The third kappa shape index (κ3) is 3.15. The Morgan fingerprint density at radius 2 is 1.89 bits per heavy atom. The fraction of sp³-hybridized carbons (Fsp3) is 0.273. The molecule has 0 aliphatic carbocycles. The van der Waals surface area contributed by atoms with Crippen LogP contribution in [0.3, 0.4) is 0 Å². The maximum absolute atomic E-state index is 13.3. The molecular weight excluding hydrogens is 362 g/mol. The highest BCUT2D eigenvalue weighted by molar-refractivity contribution is 6.30. The van der Waals surface area contributed by atoms with Crippen LogP contribution in [0.2, 0.25) is 5.02 Å². The van der Waals surface area contributed by atoms with Crippen LogP contribution >= 0.6 is 11.6 Å². The zero-order valence-corrected chi connectivity index (χ0v) is 15.7. The molecule has 0 spiro atoms. The number of ether oxygens (including phenoxy) is 1. The van der Waals surface area contributed by atoms with E-state index in [1.165, 1.54) is 0 Å². The lowest BCUT2D eigenvalue weighted by atomic mass is 9.95. The van der Waals surface area contributed by atoms with Crippen molar-refractivity contribution >= 4 is 35.1 Å². The number of nitrogens with zero attached hydrogens (tertiary/aromatic N) is 1. The van der Waals surface area contributed by atoms with Gasteiger partial charge in [0.05, 0.1) is 24.6 Å². The summed E-state index contributed by atoms with van der Waals surface area (Å²) in [5.74, 6) is -0.618. The van der Waals surface area contributed by atoms with Crippen molar-refractivity contribution in [1.29, 1.82) is 0 Å². The Hall–Kier alpha value is -2.59. The van der Waals surface area contributed by atoms with E-state index in [2.05, 4.69) is 4.90 Å². The van der Waals surface area contributed by atoms with Gasteiger partial charge in [-0.1, -0.05) is 42.0 Å². The standard InChI is InChI=1S/C22H20ClNO3/c1-2-27-22(26)17-13-20(21(25)15-7-10-16(23)11-8-15)24-18-6-4-3-5-14(18)9-12-19(17)24/h3-12,17,19-20H,2,13H2,1H3/t17-,19+,20-/m0/s1. The Balaban J connectivity index is 1.74. The van der Waals surface area contributed by atoms with E-state index in [9.17, 15) is 9.59 Å². The molecule has 2 aromatic carbocycles. The summed E-state index contributed by atoms with van der Waals surface area (Å²) in [6.07, 6.45) is 4.47. The van der Waals surface area contributed by atoms with Crippen LogP contribution in [0.5, 0.6) is 0 Å². The van der Waals surface area contributed by atoms with Crippen molar-refractivity contribution in [1.82, 2.24) is 0 Å². The monoisotopic (exact) mass is 381 g/mol. The zero-order chi connectivity index (χ0) is 19.0. The molecule has 0 N–H and O–H groups in total. The van der Waals surface area contributed by atoms with Gasteiger partial charge in [0.25, 0.3) is 0 Å². The summed E-state index contributed by atoms with van der Waals surface area (Å²) in [7, 11) is 0. The average Bonchev–Trinajstić information content (AvgIpc) is 3.08. The van der Waals surface area contributed by atoms with E-state index in [1.807, 2.05) is 36.4 Å². The van der Waals surface area contributed by atoms with Gasteiger partial charge >= 0.3 is 5.97 Å². The van der Waals surface area contributed by atoms with E-state index in [0.29, 0.717) is 23.6 Å². The molecule has 0 radical (unpaired) electrons. The van der Waals surface area contributed by atoms with Gasteiger partial charge < -0.3 is 9.64 Å². The number of ketones is 1. The van der Waals surface area contributed by atoms with E-state index in [1.54, 1.807) is 31.2 Å². The largest absolute Gasteiger partial charge is 0.466 e. The molecule has 4 rings (SSSR count). The number of hydrogen-bond donors (Lipinski definition) is 0. The quantitative estimate of drug-likeness (QED) is 0.582. The van der Waals surface area contributed by atoms with E-state index < -0.39 is 6.04 Å². The van der Waals surface area contributed by atoms with Crippen molar-refractivity contribution in [3.63, 3.8) is 0 Å². The van der Waals surface area contributed by atoms with Crippen molar-refractivity contribution in [3.8, 4) is 0 Å². The van der Waals surface area contributed by atoms with Crippen LogP contribution < -0.4 is 4.90 Å². The SMILES string of the molecule is CCOC(=O)[C@H]1C[C@@H](C(=O)c2ccc(Cl)cc2)N2c3ccccc3C=C[C@H]12. The van der Waals surface area contributed by atoms with Crippen LogP contribution in [0.15, 0.2) is 54.6 Å². The summed E-state index contributed by atoms with van der Waals surface area (Å²) in [4.78, 5) is 27.9. The molecule has 0 unspecified atom stereocenters. The fourth-order valence-electron chi connectivity index (χ4n) is 4.04. The minimum atomic E-state index is -0.420. The number of fused-ring (bicyclic) bond motifs is 3. The van der Waals surface area contributed by atoms with Gasteiger partial charge in [0.1, 0.15) is 0 Å². The van der Waals surface area contributed by atoms with Crippen LogP contribution in [0.25, 0.3) is 6.08 Å². The zero-order valence-electron chi connectivity index (χ0n) is 15.0. The van der Waals surface area contributed by atoms with Crippen molar-refractivity contribution in [2.75, 3.05) is 11.5 Å². The Kier molecular flexibility index (Phi) is 4.75. The number of hydrogen-bond acceptors (Lipinski definition) is 4. The van der Waals surface area contributed by atoms with Gasteiger partial charge in [0.15, 0.2) is 5.78 Å². The highest BCUT2D eigenvalue weighted by atomic mass is 35.5. The van der Waals surface area contributed by atoms with Gasteiger partial charge in [-0.3, -0.25) is 9.59 Å². The normalized spacial score (nSPS) is 22.9. The van der Waals surface area contributed by atoms with Crippen LogP contribution in [0.4, 0.5) is 5.69 Å². The third-order valence-corrected chi connectivity index (χ3v) is 5.51. The summed E-state index contributed by atoms with van der Waals surface area (Å²) in [6, 6.07) is 14.3. The number of para-hydroxylation sites is 1. The number of anilines is 1. The van der Waals surface area contributed by atoms with Gasteiger partial charge in [0, 0.05) is 16.3 Å². The van der Waals surface area contributed by atoms with Gasteiger partial charge in [0.2, 0.25) is 0 Å². The molecule has 0 amide bonds. The van der Waals surface area contributed by atoms with Gasteiger partial charge in [-0.05, 0) is 49.2 Å². The van der Waals surface area contributed by atoms with E-state index >= 15 is 0 Å². The number of carbonyl (C=O) groups excluding carboxylic acids is 2. The molecule has 4 nitrogen and oxygen atoms in total. The molecule has 0 saturated carbocycles. The summed E-state index contributed by atoms with van der Waals surface area (Å²) in [5.41, 5.74) is 2.62. The van der Waals surface area contributed by atoms with Crippen LogP contribution in [-0.2, 0) is 9.53 Å². The van der Waals surface area contributed by atoms with Gasteiger partial charge in [-0.15, -0.1) is 0 Å². The third-order valence-electron chi connectivity index (χ3n) is 5.26. The van der Waals surface area contributed by atoms with E-state index in [-0.39, 0.29) is 23.7 Å². The highest BCUT2D eigenvalue weighted by Crippen LogP contribution is 2.42. The first-order valence-electron chi connectivity index (χ1n) is 9.12. The van der Waals surface area contributed by atoms with Crippen molar-refractivity contribution in [2.45, 2.75) is 25.4 Å². The maximum atomic E-state index is 13.3. The summed E-state index contributed by atoms with van der Waals surface area (Å²) < 4.78 is 5.28. The van der Waals surface area contributed by atoms with Crippen LogP contribution in [0, 0.1) is 5.92 Å². The first kappa shape index (κ1) is 17.8. The predicted octanol–water partition coefficient (Wildman–Crippen LogP) is 4.38. The second kappa shape index (κ2) is 7.20. The number of halogens is 1. The molecule has 1 saturated heterocycles. The van der Waals surface area contributed by atoms with Crippen molar-refractivity contribution < 1.29 is 14.3 Å². The molecule has 0 bridgehead atoms. The molecule has 27 heavy (non-hydrogen) atoms. The first-order valence-corrected chi connectivity index (χ1v) is 9.50. The summed E-state index contributed by atoms with van der Waals surface area (Å²) in [5, 5.41) is 0.589. The minimum absolute atomic E-state index is 0.00596. The van der Waals surface area contributed by atoms with Crippen LogP contribution in [0.1, 0.15) is 29.3 Å². The number of carbonyl (C=O) groups is 2. The summed E-state index contributed by atoms with van der Waals surface area (Å²) in [6.45, 7) is 2.13. The average molecular weight is 382 g/mol. The topological polar surface area (TPSA) is 46.6 Å². The Morgan fingerprint density at radius 1 is 1.15 bits per heavy atom. The lowest BCUT2D eigenvalue weighted by Crippen LogP contribution is -2.43. The predicted molar refractivity (Wildman–Crippen MR) is 106 cm³/mol. The van der Waals surface area contributed by atoms with Gasteiger partial charge in [-0.25, -0.2) is 0 Å². The molecule has 1 fully saturated rings. The molecule has 2 aliphatic heterocycles. The molecule has 2 aliphatic rings. The summed E-state index contributed by atoms with van der Waals surface area (Å²) >= 11 is 5.96. The molecule has 2 heterocycles. The lowest BCUT2D eigenvalue weighted by Gasteiger charge is -2.35. The molecule has 0 aromatic heterocycles. The minimum Gasteiger partial charge on any atom is -0.466 e. The van der Waals surface area contributed by atoms with Gasteiger partial charge in [-0.2, -0.15) is 0 Å². The Morgan fingerprint density at radius 3 is 2.63 bits per heavy atom. The first-order chi connectivity index (χ1) is 13.1. The van der Waals surface area contributed by atoms with E-state index in [0.717, 1.165) is 11.3 Å². The lowest BCUT2D eigenvalue weighted by molar-refractivity contribution is -0.147. The van der Waals surface area contributed by atoms with Crippen molar-refractivity contribution in [2.24, 2.45) is 5.92 Å². The Labute approximate surface area is 163 Å². The number of Topliss-reactive ketones (excluding diaryl/α,β-unsaturated/α-hetero) is 1. The van der Waals surface area contributed by atoms with E-state index in [4.69, 9.17) is 16.3 Å². The molecule has 5 heteroatoms. The number of benzene rings is 2. The maximum Gasteiger partial charge on any atom is 0.311 e. The van der Waals surface area contributed by atoms with Crippen molar-refractivity contribution in [3.05, 3.63) is 70.8 Å². The number of rotatable bonds is 4. The smallest absolute Gasteiger partial charge is 0.311 e. The second-order valence-corrected chi connectivity index (χ2v) is 7.23. The number of esters is 1. The van der Waals surface area contributed by atoms with Crippen LogP contribution in [-0.4, -0.2) is 30.4 Å². The highest BCUT2D eigenvalue weighted by Gasteiger charge is 2.48. The fourth-order valence-corrected chi connectivity index (χ4v) is 4.17. The molecule has 138 valence electrons. The molecular formula is C22H20ClNO3. The molecule has 2 aromatic rings. The molecule has 3 atom stereocenters. The Bertz CT molecular complexity index is 906.